The second-order valence-corrected chi connectivity index (χ2v) is 7.36. The van der Waals surface area contributed by atoms with Gasteiger partial charge in [-0.05, 0) is 31.4 Å². The van der Waals surface area contributed by atoms with Crippen LogP contribution in [0.4, 0.5) is 4.39 Å². The molecule has 0 saturated carbocycles. The fourth-order valence-electron chi connectivity index (χ4n) is 2.36. The first-order valence-electron chi connectivity index (χ1n) is 8.46. The topological polar surface area (TPSA) is 68.0 Å². The van der Waals surface area contributed by atoms with Crippen LogP contribution in [0.1, 0.15) is 40.0 Å². The zero-order valence-electron chi connectivity index (χ0n) is 14.8. The predicted molar refractivity (Wildman–Crippen MR) is 96.7 cm³/mol. The Kier molecular flexibility index (Phi) is 7.43. The van der Waals surface area contributed by atoms with E-state index in [-0.39, 0.29) is 34.4 Å². The van der Waals surface area contributed by atoms with Gasteiger partial charge in [-0.1, -0.05) is 50.6 Å². The molecule has 5 nitrogen and oxygen atoms in total. The number of amides is 1. The van der Waals surface area contributed by atoms with E-state index in [4.69, 9.17) is 4.42 Å². The van der Waals surface area contributed by atoms with Crippen LogP contribution in [0.5, 0.6) is 0 Å². The molecule has 136 valence electrons. The summed E-state index contributed by atoms with van der Waals surface area (Å²) >= 11 is 1.15. The van der Waals surface area contributed by atoms with E-state index < -0.39 is 5.82 Å². The molecule has 0 aliphatic heterocycles. The van der Waals surface area contributed by atoms with Crippen LogP contribution >= 0.6 is 11.8 Å². The summed E-state index contributed by atoms with van der Waals surface area (Å²) in [5.74, 6) is 0.485. The molecule has 1 atom stereocenters. The monoisotopic (exact) mass is 365 g/mol. The lowest BCUT2D eigenvalue weighted by Crippen LogP contribution is -2.33. The first kappa shape index (κ1) is 19.4. The minimum atomic E-state index is -0.421. The van der Waals surface area contributed by atoms with Gasteiger partial charge in [0.2, 0.25) is 5.91 Å². The van der Waals surface area contributed by atoms with Crippen molar-refractivity contribution in [1.29, 1.82) is 0 Å². The molecule has 1 aromatic carbocycles. The molecule has 0 fully saturated rings. The fraction of sp³-hybridized carbons (Fsp3) is 0.500. The lowest BCUT2D eigenvalue weighted by Gasteiger charge is -2.14. The number of hydrogen-bond donors (Lipinski definition) is 1. The number of halogens is 1. The van der Waals surface area contributed by atoms with Crippen molar-refractivity contribution < 1.29 is 13.6 Å². The molecule has 2 aromatic rings. The number of nitrogens with zero attached hydrogens (tertiary/aromatic N) is 2. The maximum absolute atomic E-state index is 13.7. The molecular formula is C18H24FN3O2S. The normalized spacial score (nSPS) is 12.4. The van der Waals surface area contributed by atoms with Gasteiger partial charge in [-0.15, -0.1) is 10.2 Å². The molecule has 25 heavy (non-hydrogen) atoms. The standard InChI is InChI=1S/C18H24FN3O2S/c1-12(2)7-6-8-13(3)20-16(23)11-25-18-22-21-17(24-18)14-9-4-5-10-15(14)19/h4-5,9-10,12-13H,6-8,11H2,1-3H3,(H,20,23)/t13-/m1/s1. The van der Waals surface area contributed by atoms with Gasteiger partial charge in [0.15, 0.2) is 0 Å². The molecule has 1 N–H and O–H groups in total. The van der Waals surface area contributed by atoms with Crippen molar-refractivity contribution in [1.82, 2.24) is 15.5 Å². The Hall–Kier alpha value is -1.89. The highest BCUT2D eigenvalue weighted by Crippen LogP contribution is 2.24. The third-order valence-electron chi connectivity index (χ3n) is 3.66. The predicted octanol–water partition coefficient (Wildman–Crippen LogP) is 4.30. The minimum Gasteiger partial charge on any atom is -0.411 e. The minimum absolute atomic E-state index is 0.0762. The Bertz CT molecular complexity index is 690. The molecule has 0 aliphatic rings. The molecular weight excluding hydrogens is 341 g/mol. The Morgan fingerprint density at radius 3 is 2.72 bits per heavy atom. The van der Waals surface area contributed by atoms with E-state index in [0.717, 1.165) is 31.0 Å². The second kappa shape index (κ2) is 9.56. The van der Waals surface area contributed by atoms with Gasteiger partial charge in [-0.25, -0.2) is 4.39 Å². The number of hydrogen-bond acceptors (Lipinski definition) is 5. The molecule has 1 amide bonds. The average molecular weight is 365 g/mol. The van der Waals surface area contributed by atoms with Gasteiger partial charge in [0.1, 0.15) is 5.82 Å². The van der Waals surface area contributed by atoms with Crippen LogP contribution in [-0.4, -0.2) is 27.9 Å². The SMILES string of the molecule is CC(C)CCC[C@@H](C)NC(=O)CSc1nnc(-c2ccccc2F)o1. The van der Waals surface area contributed by atoms with Crippen molar-refractivity contribution in [2.75, 3.05) is 5.75 Å². The summed E-state index contributed by atoms with van der Waals surface area (Å²) in [7, 11) is 0. The van der Waals surface area contributed by atoms with E-state index in [1.165, 1.54) is 6.07 Å². The van der Waals surface area contributed by atoms with Crippen LogP contribution in [0.2, 0.25) is 0 Å². The van der Waals surface area contributed by atoms with Crippen molar-refractivity contribution in [2.45, 2.75) is 51.3 Å². The third-order valence-corrected chi connectivity index (χ3v) is 4.48. The summed E-state index contributed by atoms with van der Waals surface area (Å²) in [5.41, 5.74) is 0.255. The van der Waals surface area contributed by atoms with Crippen LogP contribution in [0.3, 0.4) is 0 Å². The first-order chi connectivity index (χ1) is 12.0. The summed E-state index contributed by atoms with van der Waals surface area (Å²) in [5, 5.41) is 10.9. The third kappa shape index (κ3) is 6.49. The molecule has 0 saturated heterocycles. The lowest BCUT2D eigenvalue weighted by atomic mass is 10.0. The molecule has 0 spiro atoms. The zero-order chi connectivity index (χ0) is 18.2. The maximum atomic E-state index is 13.7. The number of thioether (sulfide) groups is 1. The number of carbonyl (C=O) groups excluding carboxylic acids is 1. The molecule has 1 heterocycles. The highest BCUT2D eigenvalue weighted by molar-refractivity contribution is 7.99. The fourth-order valence-corrected chi connectivity index (χ4v) is 2.93. The van der Waals surface area contributed by atoms with Crippen LogP contribution in [0, 0.1) is 11.7 Å². The van der Waals surface area contributed by atoms with E-state index in [9.17, 15) is 9.18 Å². The molecule has 0 unspecified atom stereocenters. The number of rotatable bonds is 9. The second-order valence-electron chi connectivity index (χ2n) is 6.43. The van der Waals surface area contributed by atoms with Gasteiger partial charge >= 0.3 is 0 Å². The van der Waals surface area contributed by atoms with Crippen LogP contribution in [0.25, 0.3) is 11.5 Å². The lowest BCUT2D eigenvalue weighted by molar-refractivity contribution is -0.119. The van der Waals surface area contributed by atoms with Crippen molar-refractivity contribution in [2.24, 2.45) is 5.92 Å². The number of nitrogens with one attached hydrogen (secondary N) is 1. The van der Waals surface area contributed by atoms with Gasteiger partial charge in [0.05, 0.1) is 11.3 Å². The number of carbonyl (C=O) groups is 1. The van der Waals surface area contributed by atoms with Crippen molar-refractivity contribution in [3.05, 3.63) is 30.1 Å². The highest BCUT2D eigenvalue weighted by Gasteiger charge is 2.14. The summed E-state index contributed by atoms with van der Waals surface area (Å²) in [6.07, 6.45) is 3.23. The Balaban J connectivity index is 1.78. The van der Waals surface area contributed by atoms with E-state index in [0.29, 0.717) is 5.92 Å². The van der Waals surface area contributed by atoms with Gasteiger partial charge in [-0.3, -0.25) is 4.79 Å². The highest BCUT2D eigenvalue weighted by atomic mass is 32.2. The molecule has 0 radical (unpaired) electrons. The van der Waals surface area contributed by atoms with Gasteiger partial charge in [0, 0.05) is 6.04 Å². The maximum Gasteiger partial charge on any atom is 0.277 e. The van der Waals surface area contributed by atoms with Crippen LogP contribution in [-0.2, 0) is 4.79 Å². The largest absolute Gasteiger partial charge is 0.411 e. The van der Waals surface area contributed by atoms with Crippen LogP contribution in [0.15, 0.2) is 33.9 Å². The number of benzene rings is 1. The zero-order valence-corrected chi connectivity index (χ0v) is 15.6. The quantitative estimate of drug-likeness (QED) is 0.671. The van der Waals surface area contributed by atoms with Gasteiger partial charge < -0.3 is 9.73 Å². The summed E-state index contributed by atoms with van der Waals surface area (Å²) in [4.78, 5) is 12.0. The average Bonchev–Trinajstić information content (AvgIpc) is 3.01. The summed E-state index contributed by atoms with van der Waals surface area (Å²) in [6, 6.07) is 6.34. The van der Waals surface area contributed by atoms with Crippen LogP contribution < -0.4 is 5.32 Å². The molecule has 0 aliphatic carbocycles. The van der Waals surface area contributed by atoms with Crippen molar-refractivity contribution in [3.8, 4) is 11.5 Å². The van der Waals surface area contributed by atoms with Crippen molar-refractivity contribution in [3.63, 3.8) is 0 Å². The van der Waals surface area contributed by atoms with E-state index >= 15 is 0 Å². The first-order valence-corrected chi connectivity index (χ1v) is 9.45. The van der Waals surface area contributed by atoms with E-state index in [1.54, 1.807) is 18.2 Å². The Labute approximate surface area is 151 Å². The summed E-state index contributed by atoms with van der Waals surface area (Å²) < 4.78 is 19.1. The molecule has 2 rings (SSSR count). The number of aromatic nitrogens is 2. The van der Waals surface area contributed by atoms with Crippen molar-refractivity contribution >= 4 is 17.7 Å². The Morgan fingerprint density at radius 2 is 2.00 bits per heavy atom. The van der Waals surface area contributed by atoms with E-state index in [1.807, 2.05) is 6.92 Å². The Morgan fingerprint density at radius 1 is 1.24 bits per heavy atom. The van der Waals surface area contributed by atoms with Gasteiger partial charge in [-0.2, -0.15) is 0 Å². The summed E-state index contributed by atoms with van der Waals surface area (Å²) in [6.45, 7) is 6.39. The smallest absolute Gasteiger partial charge is 0.277 e. The molecule has 7 heteroatoms. The molecule has 0 bridgehead atoms. The molecule has 1 aromatic heterocycles. The van der Waals surface area contributed by atoms with E-state index in [2.05, 4.69) is 29.4 Å². The van der Waals surface area contributed by atoms with Gasteiger partial charge in [0.25, 0.3) is 11.1 Å².